The third-order valence-electron chi connectivity index (χ3n) is 4.67. The third kappa shape index (κ3) is 6.86. The number of nitrogens with zero attached hydrogens (tertiary/aromatic N) is 1. The summed E-state index contributed by atoms with van der Waals surface area (Å²) < 4.78 is 16.2. The fourth-order valence-electron chi connectivity index (χ4n) is 3.12. The average Bonchev–Trinajstić information content (AvgIpc) is 3.05. The molecule has 1 heterocycles. The Morgan fingerprint density at radius 3 is 2.63 bits per heavy atom. The number of halogens is 1. The van der Waals surface area contributed by atoms with Crippen LogP contribution in [0.5, 0.6) is 11.5 Å². The van der Waals surface area contributed by atoms with Gasteiger partial charge < -0.3 is 19.5 Å². The van der Waals surface area contributed by atoms with Crippen molar-refractivity contribution >= 4 is 62.5 Å². The molecule has 1 N–H and O–H groups in total. The third-order valence-corrected chi connectivity index (χ3v) is 6.17. The lowest BCUT2D eigenvalue weighted by Gasteiger charge is -2.14. The standard InChI is InChI=1S/C24H23BrN2O7S/c1-4-33-18-10-15(9-17(25)22(18)34-13-21(29)32-3)11-19-23(30)27(24(31)35-19)12-20(28)26-16-7-5-6-14(2)8-16/h5-11H,4,12-13H2,1-3H3,(H,26,28)/b19-11-. The zero-order valence-corrected chi connectivity index (χ0v) is 21.7. The first-order valence-electron chi connectivity index (χ1n) is 10.5. The van der Waals surface area contributed by atoms with Gasteiger partial charge in [0.25, 0.3) is 11.1 Å². The van der Waals surface area contributed by atoms with Gasteiger partial charge in [0, 0.05) is 5.69 Å². The largest absolute Gasteiger partial charge is 0.490 e. The molecule has 0 radical (unpaired) electrons. The van der Waals surface area contributed by atoms with Gasteiger partial charge in [-0.2, -0.15) is 0 Å². The van der Waals surface area contributed by atoms with Crippen molar-refractivity contribution in [2.45, 2.75) is 13.8 Å². The molecule has 9 nitrogen and oxygen atoms in total. The van der Waals surface area contributed by atoms with E-state index in [1.54, 1.807) is 37.3 Å². The molecule has 0 unspecified atom stereocenters. The number of rotatable bonds is 9. The van der Waals surface area contributed by atoms with Crippen LogP contribution in [0, 0.1) is 6.92 Å². The van der Waals surface area contributed by atoms with Crippen LogP contribution in [0.2, 0.25) is 0 Å². The lowest BCUT2D eigenvalue weighted by Crippen LogP contribution is -2.36. The summed E-state index contributed by atoms with van der Waals surface area (Å²) in [5.41, 5.74) is 2.11. The van der Waals surface area contributed by atoms with Gasteiger partial charge in [0.2, 0.25) is 5.91 Å². The van der Waals surface area contributed by atoms with Crippen LogP contribution in [-0.4, -0.2) is 54.8 Å². The molecule has 1 fully saturated rings. The highest BCUT2D eigenvalue weighted by atomic mass is 79.9. The van der Waals surface area contributed by atoms with Crippen molar-refractivity contribution < 1.29 is 33.4 Å². The molecule has 184 valence electrons. The maximum atomic E-state index is 12.9. The Bertz CT molecular complexity index is 1200. The number of hydrogen-bond donors (Lipinski definition) is 1. The predicted molar refractivity (Wildman–Crippen MR) is 135 cm³/mol. The molecule has 1 aliphatic heterocycles. The molecule has 0 aromatic heterocycles. The number of methoxy groups -OCH3 is 1. The van der Waals surface area contributed by atoms with E-state index in [2.05, 4.69) is 26.0 Å². The van der Waals surface area contributed by atoms with Gasteiger partial charge in [-0.1, -0.05) is 12.1 Å². The van der Waals surface area contributed by atoms with Gasteiger partial charge in [-0.25, -0.2) is 4.79 Å². The smallest absolute Gasteiger partial charge is 0.343 e. The molecule has 3 amide bonds. The predicted octanol–water partition coefficient (Wildman–Crippen LogP) is 4.38. The van der Waals surface area contributed by atoms with Crippen LogP contribution in [0.1, 0.15) is 18.1 Å². The number of hydrogen-bond acceptors (Lipinski definition) is 8. The minimum Gasteiger partial charge on any atom is -0.490 e. The molecule has 11 heteroatoms. The topological polar surface area (TPSA) is 111 Å². The number of benzene rings is 2. The Kier molecular flexibility index (Phi) is 8.94. The van der Waals surface area contributed by atoms with Crippen LogP contribution in [0.4, 0.5) is 10.5 Å². The summed E-state index contributed by atoms with van der Waals surface area (Å²) >= 11 is 4.13. The van der Waals surface area contributed by atoms with Crippen molar-refractivity contribution in [1.82, 2.24) is 4.90 Å². The van der Waals surface area contributed by atoms with Gasteiger partial charge in [0.1, 0.15) is 6.54 Å². The Morgan fingerprint density at radius 2 is 1.94 bits per heavy atom. The van der Waals surface area contributed by atoms with Gasteiger partial charge in [-0.3, -0.25) is 19.3 Å². The van der Waals surface area contributed by atoms with Gasteiger partial charge in [-0.05, 0) is 83.0 Å². The van der Waals surface area contributed by atoms with Crippen LogP contribution >= 0.6 is 27.7 Å². The molecule has 2 aromatic rings. The quantitative estimate of drug-likeness (QED) is 0.354. The van der Waals surface area contributed by atoms with E-state index in [0.717, 1.165) is 22.2 Å². The van der Waals surface area contributed by atoms with Crippen molar-refractivity contribution in [3.05, 3.63) is 56.9 Å². The van der Waals surface area contributed by atoms with Crippen molar-refractivity contribution in [3.63, 3.8) is 0 Å². The molecule has 35 heavy (non-hydrogen) atoms. The number of imide groups is 1. The fraction of sp³-hybridized carbons (Fsp3) is 0.250. The second kappa shape index (κ2) is 11.9. The summed E-state index contributed by atoms with van der Waals surface area (Å²) in [6.45, 7) is 3.31. The van der Waals surface area contributed by atoms with E-state index in [-0.39, 0.29) is 11.5 Å². The lowest BCUT2D eigenvalue weighted by atomic mass is 10.2. The normalized spacial score (nSPS) is 14.3. The van der Waals surface area contributed by atoms with E-state index in [1.165, 1.54) is 13.2 Å². The molecular weight excluding hydrogens is 540 g/mol. The maximum absolute atomic E-state index is 12.9. The second-order valence-corrected chi connectivity index (χ2v) is 9.16. The highest BCUT2D eigenvalue weighted by Crippen LogP contribution is 2.39. The molecule has 0 bridgehead atoms. The van der Waals surface area contributed by atoms with Crippen LogP contribution in [-0.2, 0) is 19.1 Å². The average molecular weight is 563 g/mol. The molecule has 0 atom stereocenters. The number of carbonyl (C=O) groups is 4. The fourth-order valence-corrected chi connectivity index (χ4v) is 4.53. The van der Waals surface area contributed by atoms with Crippen LogP contribution < -0.4 is 14.8 Å². The number of esters is 1. The van der Waals surface area contributed by atoms with Crippen LogP contribution in [0.15, 0.2) is 45.8 Å². The van der Waals surface area contributed by atoms with Gasteiger partial charge in [0.15, 0.2) is 18.1 Å². The number of thioether (sulfide) groups is 1. The SMILES string of the molecule is CCOc1cc(/C=C2\SC(=O)N(CC(=O)Nc3cccc(C)c3)C2=O)cc(Br)c1OCC(=O)OC. The van der Waals surface area contributed by atoms with Gasteiger partial charge >= 0.3 is 5.97 Å². The van der Waals surface area contributed by atoms with E-state index in [4.69, 9.17) is 9.47 Å². The van der Waals surface area contributed by atoms with Crippen LogP contribution in [0.25, 0.3) is 6.08 Å². The Morgan fingerprint density at radius 1 is 1.17 bits per heavy atom. The number of ether oxygens (including phenoxy) is 3. The van der Waals surface area contributed by atoms with Crippen molar-refractivity contribution in [3.8, 4) is 11.5 Å². The molecule has 2 aromatic carbocycles. The Labute approximate surface area is 214 Å². The molecule has 0 spiro atoms. The highest BCUT2D eigenvalue weighted by Gasteiger charge is 2.36. The highest BCUT2D eigenvalue weighted by molar-refractivity contribution is 9.10. The van der Waals surface area contributed by atoms with E-state index >= 15 is 0 Å². The van der Waals surface area contributed by atoms with Crippen LogP contribution in [0.3, 0.4) is 0 Å². The minimum atomic E-state index is -0.570. The molecule has 1 saturated heterocycles. The first-order chi connectivity index (χ1) is 16.7. The summed E-state index contributed by atoms with van der Waals surface area (Å²) in [4.78, 5) is 50.2. The Balaban J connectivity index is 1.76. The maximum Gasteiger partial charge on any atom is 0.343 e. The minimum absolute atomic E-state index is 0.163. The second-order valence-electron chi connectivity index (χ2n) is 7.31. The molecular formula is C24H23BrN2O7S. The van der Waals surface area contributed by atoms with Crippen molar-refractivity contribution in [2.24, 2.45) is 0 Å². The summed E-state index contributed by atoms with van der Waals surface area (Å²) in [6, 6.07) is 10.5. The summed E-state index contributed by atoms with van der Waals surface area (Å²) in [7, 11) is 1.26. The zero-order valence-electron chi connectivity index (χ0n) is 19.3. The lowest BCUT2D eigenvalue weighted by molar-refractivity contribution is -0.143. The first-order valence-corrected chi connectivity index (χ1v) is 12.1. The number of amides is 3. The zero-order chi connectivity index (χ0) is 25.5. The van der Waals surface area contributed by atoms with Crippen molar-refractivity contribution in [2.75, 3.05) is 32.2 Å². The molecule has 1 aliphatic rings. The number of aryl methyl sites for hydroxylation is 1. The van der Waals surface area contributed by atoms with E-state index in [0.29, 0.717) is 33.8 Å². The first kappa shape index (κ1) is 26.3. The van der Waals surface area contributed by atoms with E-state index < -0.39 is 29.6 Å². The Hall–Kier alpha value is -3.31. The number of nitrogens with one attached hydrogen (secondary N) is 1. The van der Waals surface area contributed by atoms with Gasteiger partial charge in [0.05, 0.1) is 23.1 Å². The molecule has 0 saturated carbocycles. The van der Waals surface area contributed by atoms with E-state index in [9.17, 15) is 19.2 Å². The van der Waals surface area contributed by atoms with Gasteiger partial charge in [-0.15, -0.1) is 0 Å². The summed E-state index contributed by atoms with van der Waals surface area (Å²) in [6.07, 6.45) is 1.53. The molecule has 0 aliphatic carbocycles. The summed E-state index contributed by atoms with van der Waals surface area (Å²) in [5.74, 6) is -0.959. The summed E-state index contributed by atoms with van der Waals surface area (Å²) in [5, 5.41) is 2.15. The molecule has 3 rings (SSSR count). The van der Waals surface area contributed by atoms with Crippen molar-refractivity contribution in [1.29, 1.82) is 0 Å². The number of anilines is 1. The van der Waals surface area contributed by atoms with E-state index in [1.807, 2.05) is 13.0 Å². The number of carbonyl (C=O) groups excluding carboxylic acids is 4. The monoisotopic (exact) mass is 562 g/mol.